The number of hydrogen-bond donors (Lipinski definition) is 1. The maximum absolute atomic E-state index is 11.0. The van der Waals surface area contributed by atoms with E-state index in [1.54, 1.807) is 19.2 Å². The summed E-state index contributed by atoms with van der Waals surface area (Å²) in [6, 6.07) is 10.9. The first-order valence-corrected chi connectivity index (χ1v) is 6.61. The third-order valence-corrected chi connectivity index (χ3v) is 3.22. The molecule has 0 radical (unpaired) electrons. The molecule has 0 atom stereocenters. The number of carbonyl (C=O) groups is 1. The standard InChI is InChI=1S/C17H18O4/c1-11-7-14(17(18)19)8-12(2)16(11)21-10-13-5-4-6-15(9-13)20-3/h4-9H,10H2,1-3H3,(H,18,19). The number of carboxylic acid groups (broad SMARTS) is 1. The SMILES string of the molecule is COc1cccc(COc2c(C)cc(C(=O)O)cc2C)c1. The lowest BCUT2D eigenvalue weighted by Crippen LogP contribution is -2.03. The molecule has 0 heterocycles. The first-order valence-electron chi connectivity index (χ1n) is 6.61. The van der Waals surface area contributed by atoms with Crippen molar-refractivity contribution in [1.29, 1.82) is 0 Å². The number of aromatic carboxylic acids is 1. The van der Waals surface area contributed by atoms with Crippen molar-refractivity contribution in [3.63, 3.8) is 0 Å². The number of hydrogen-bond acceptors (Lipinski definition) is 3. The zero-order valence-corrected chi connectivity index (χ0v) is 12.3. The molecule has 0 fully saturated rings. The number of methoxy groups -OCH3 is 1. The maximum atomic E-state index is 11.0. The van der Waals surface area contributed by atoms with Gasteiger partial charge in [-0.2, -0.15) is 0 Å². The molecule has 0 aliphatic carbocycles. The highest BCUT2D eigenvalue weighted by atomic mass is 16.5. The molecule has 0 saturated heterocycles. The molecule has 0 aliphatic heterocycles. The third kappa shape index (κ3) is 3.54. The summed E-state index contributed by atoms with van der Waals surface area (Å²) in [4.78, 5) is 11.0. The number of aryl methyl sites for hydroxylation is 2. The molecule has 0 amide bonds. The second kappa shape index (κ2) is 6.31. The molecule has 0 unspecified atom stereocenters. The summed E-state index contributed by atoms with van der Waals surface area (Å²) in [7, 11) is 1.62. The van der Waals surface area contributed by atoms with Gasteiger partial charge in [-0.3, -0.25) is 0 Å². The van der Waals surface area contributed by atoms with E-state index in [9.17, 15) is 4.79 Å². The van der Waals surface area contributed by atoms with Crippen LogP contribution >= 0.6 is 0 Å². The van der Waals surface area contributed by atoms with Gasteiger partial charge in [-0.15, -0.1) is 0 Å². The molecule has 2 rings (SSSR count). The number of benzene rings is 2. The van der Waals surface area contributed by atoms with Crippen LogP contribution in [0.3, 0.4) is 0 Å². The van der Waals surface area contributed by atoms with Crippen molar-refractivity contribution in [2.45, 2.75) is 20.5 Å². The van der Waals surface area contributed by atoms with Gasteiger partial charge in [0.05, 0.1) is 12.7 Å². The quantitative estimate of drug-likeness (QED) is 0.912. The summed E-state index contributed by atoms with van der Waals surface area (Å²) < 4.78 is 11.0. The van der Waals surface area contributed by atoms with Crippen molar-refractivity contribution in [3.05, 3.63) is 58.7 Å². The summed E-state index contributed by atoms with van der Waals surface area (Å²) in [5, 5.41) is 9.04. The van der Waals surface area contributed by atoms with Crippen LogP contribution in [0.15, 0.2) is 36.4 Å². The molecule has 0 aromatic heterocycles. The summed E-state index contributed by atoms with van der Waals surface area (Å²) in [5.41, 5.74) is 2.90. The van der Waals surface area contributed by atoms with E-state index in [1.807, 2.05) is 38.1 Å². The van der Waals surface area contributed by atoms with E-state index in [2.05, 4.69) is 0 Å². The molecule has 0 bridgehead atoms. The lowest BCUT2D eigenvalue weighted by Gasteiger charge is -2.13. The molecule has 110 valence electrons. The minimum atomic E-state index is -0.930. The molecule has 4 nitrogen and oxygen atoms in total. The largest absolute Gasteiger partial charge is 0.497 e. The smallest absolute Gasteiger partial charge is 0.335 e. The van der Waals surface area contributed by atoms with Crippen molar-refractivity contribution in [2.24, 2.45) is 0 Å². The van der Waals surface area contributed by atoms with Gasteiger partial charge >= 0.3 is 5.97 Å². The van der Waals surface area contributed by atoms with Gasteiger partial charge in [0, 0.05) is 0 Å². The minimum absolute atomic E-state index is 0.277. The van der Waals surface area contributed by atoms with Crippen LogP contribution < -0.4 is 9.47 Å². The van der Waals surface area contributed by atoms with Gasteiger partial charge in [-0.1, -0.05) is 12.1 Å². The Balaban J connectivity index is 2.18. The summed E-state index contributed by atoms with van der Waals surface area (Å²) >= 11 is 0. The molecule has 0 aliphatic rings. The zero-order chi connectivity index (χ0) is 15.4. The molecule has 0 saturated carbocycles. The Bertz CT molecular complexity index is 639. The van der Waals surface area contributed by atoms with E-state index in [0.29, 0.717) is 6.61 Å². The normalized spacial score (nSPS) is 10.2. The highest BCUT2D eigenvalue weighted by Crippen LogP contribution is 2.26. The van der Waals surface area contributed by atoms with Crippen LogP contribution in [0.5, 0.6) is 11.5 Å². The van der Waals surface area contributed by atoms with Gasteiger partial charge in [-0.05, 0) is 54.8 Å². The van der Waals surface area contributed by atoms with Gasteiger partial charge in [0.2, 0.25) is 0 Å². The average molecular weight is 286 g/mol. The topological polar surface area (TPSA) is 55.8 Å². The van der Waals surface area contributed by atoms with Crippen molar-refractivity contribution in [1.82, 2.24) is 0 Å². The van der Waals surface area contributed by atoms with E-state index in [4.69, 9.17) is 14.6 Å². The van der Waals surface area contributed by atoms with Crippen LogP contribution in [0, 0.1) is 13.8 Å². The van der Waals surface area contributed by atoms with Crippen LogP contribution in [0.1, 0.15) is 27.0 Å². The first-order chi connectivity index (χ1) is 10.0. The molecule has 21 heavy (non-hydrogen) atoms. The minimum Gasteiger partial charge on any atom is -0.497 e. The average Bonchev–Trinajstić information content (AvgIpc) is 2.46. The fourth-order valence-corrected chi connectivity index (χ4v) is 2.22. The lowest BCUT2D eigenvalue weighted by atomic mass is 10.1. The van der Waals surface area contributed by atoms with Crippen LogP contribution in [0.2, 0.25) is 0 Å². The van der Waals surface area contributed by atoms with E-state index in [1.165, 1.54) is 0 Å². The highest BCUT2D eigenvalue weighted by molar-refractivity contribution is 5.88. The Morgan fingerprint density at radius 1 is 1.14 bits per heavy atom. The van der Waals surface area contributed by atoms with E-state index in [0.717, 1.165) is 28.2 Å². The van der Waals surface area contributed by atoms with Crippen molar-refractivity contribution >= 4 is 5.97 Å². The third-order valence-electron chi connectivity index (χ3n) is 3.22. The van der Waals surface area contributed by atoms with E-state index >= 15 is 0 Å². The summed E-state index contributed by atoms with van der Waals surface area (Å²) in [5.74, 6) is 0.578. The molecule has 2 aromatic rings. The Labute approximate surface area is 123 Å². The first kappa shape index (κ1) is 14.9. The molecule has 1 N–H and O–H groups in total. The van der Waals surface area contributed by atoms with Crippen LogP contribution in [-0.4, -0.2) is 18.2 Å². The number of rotatable bonds is 5. The zero-order valence-electron chi connectivity index (χ0n) is 12.3. The van der Waals surface area contributed by atoms with Crippen LogP contribution in [0.4, 0.5) is 0 Å². The molecule has 2 aromatic carbocycles. The number of ether oxygens (including phenoxy) is 2. The monoisotopic (exact) mass is 286 g/mol. The Hall–Kier alpha value is -2.49. The van der Waals surface area contributed by atoms with Crippen molar-refractivity contribution in [3.8, 4) is 11.5 Å². The van der Waals surface area contributed by atoms with E-state index < -0.39 is 5.97 Å². The summed E-state index contributed by atoms with van der Waals surface area (Å²) in [6.07, 6.45) is 0. The van der Waals surface area contributed by atoms with Gasteiger partial charge in [-0.25, -0.2) is 4.79 Å². The maximum Gasteiger partial charge on any atom is 0.335 e. The number of carboxylic acids is 1. The van der Waals surface area contributed by atoms with Crippen molar-refractivity contribution < 1.29 is 19.4 Å². The Morgan fingerprint density at radius 2 is 1.81 bits per heavy atom. The second-order valence-corrected chi connectivity index (χ2v) is 4.88. The van der Waals surface area contributed by atoms with Gasteiger partial charge < -0.3 is 14.6 Å². The molecular formula is C17H18O4. The highest BCUT2D eigenvalue weighted by Gasteiger charge is 2.11. The molecule has 4 heteroatoms. The fraction of sp³-hybridized carbons (Fsp3) is 0.235. The van der Waals surface area contributed by atoms with Gasteiger partial charge in [0.15, 0.2) is 0 Å². The second-order valence-electron chi connectivity index (χ2n) is 4.88. The van der Waals surface area contributed by atoms with Gasteiger partial charge in [0.1, 0.15) is 18.1 Å². The lowest BCUT2D eigenvalue weighted by molar-refractivity contribution is 0.0696. The molecule has 0 spiro atoms. The Kier molecular flexibility index (Phi) is 4.48. The predicted molar refractivity (Wildman–Crippen MR) is 80.2 cm³/mol. The van der Waals surface area contributed by atoms with Crippen LogP contribution in [0.25, 0.3) is 0 Å². The van der Waals surface area contributed by atoms with Crippen LogP contribution in [-0.2, 0) is 6.61 Å². The predicted octanol–water partition coefficient (Wildman–Crippen LogP) is 3.59. The van der Waals surface area contributed by atoms with E-state index in [-0.39, 0.29) is 5.56 Å². The van der Waals surface area contributed by atoms with Crippen molar-refractivity contribution in [2.75, 3.05) is 7.11 Å². The van der Waals surface area contributed by atoms with Gasteiger partial charge in [0.25, 0.3) is 0 Å². The fourth-order valence-electron chi connectivity index (χ4n) is 2.22. The summed E-state index contributed by atoms with van der Waals surface area (Å²) in [6.45, 7) is 4.10. The Morgan fingerprint density at radius 3 is 2.38 bits per heavy atom. The molecular weight excluding hydrogens is 268 g/mol.